The van der Waals surface area contributed by atoms with Crippen LogP contribution in [-0.2, 0) is 6.54 Å². The summed E-state index contributed by atoms with van der Waals surface area (Å²) in [6.45, 7) is 2.17. The zero-order valence-electron chi connectivity index (χ0n) is 9.51. The molecule has 1 aromatic carbocycles. The zero-order valence-corrected chi connectivity index (χ0v) is 11.1. The van der Waals surface area contributed by atoms with E-state index in [2.05, 4.69) is 26.4 Å². The summed E-state index contributed by atoms with van der Waals surface area (Å²) in [4.78, 5) is 10.5. The average molecular weight is 312 g/mol. The van der Waals surface area contributed by atoms with E-state index in [4.69, 9.17) is 4.52 Å². The van der Waals surface area contributed by atoms with E-state index >= 15 is 0 Å². The SMILES string of the molecule is Cc1cc(CNc2ccc(Br)cc2[N+](=O)[O-])no1. The van der Waals surface area contributed by atoms with E-state index in [-0.39, 0.29) is 5.69 Å². The molecule has 0 bridgehead atoms. The van der Waals surface area contributed by atoms with E-state index < -0.39 is 4.92 Å². The topological polar surface area (TPSA) is 81.2 Å². The minimum Gasteiger partial charge on any atom is -0.374 e. The maximum atomic E-state index is 10.9. The molecule has 7 heteroatoms. The number of benzene rings is 1. The summed E-state index contributed by atoms with van der Waals surface area (Å²) in [5.74, 6) is 0.706. The van der Waals surface area contributed by atoms with Crippen LogP contribution in [0.4, 0.5) is 11.4 Å². The van der Waals surface area contributed by atoms with Gasteiger partial charge in [0.15, 0.2) is 0 Å². The monoisotopic (exact) mass is 311 g/mol. The number of nitrogens with zero attached hydrogens (tertiary/aromatic N) is 2. The number of anilines is 1. The first-order valence-corrected chi connectivity index (χ1v) is 5.95. The van der Waals surface area contributed by atoms with Gasteiger partial charge in [0.2, 0.25) is 0 Å². The lowest BCUT2D eigenvalue weighted by Gasteiger charge is -2.05. The number of nitrogens with one attached hydrogen (secondary N) is 1. The number of aryl methyl sites for hydroxylation is 1. The summed E-state index contributed by atoms with van der Waals surface area (Å²) in [6, 6.07) is 6.62. The van der Waals surface area contributed by atoms with Gasteiger partial charge < -0.3 is 9.84 Å². The van der Waals surface area contributed by atoms with Gasteiger partial charge in [-0.15, -0.1) is 0 Å². The minimum atomic E-state index is -0.429. The van der Waals surface area contributed by atoms with Crippen LogP contribution < -0.4 is 5.32 Å². The Morgan fingerprint density at radius 1 is 1.50 bits per heavy atom. The lowest BCUT2D eigenvalue weighted by Crippen LogP contribution is -2.02. The van der Waals surface area contributed by atoms with Crippen LogP contribution in [0.2, 0.25) is 0 Å². The second-order valence-corrected chi connectivity index (χ2v) is 4.62. The largest absolute Gasteiger partial charge is 0.374 e. The Bertz CT molecular complexity index is 583. The van der Waals surface area contributed by atoms with E-state index in [1.807, 2.05) is 0 Å². The highest BCUT2D eigenvalue weighted by Crippen LogP contribution is 2.28. The molecule has 2 aromatic rings. The number of aromatic nitrogens is 1. The normalized spacial score (nSPS) is 10.3. The van der Waals surface area contributed by atoms with Crippen LogP contribution in [0, 0.1) is 17.0 Å². The third kappa shape index (κ3) is 2.86. The predicted molar refractivity (Wildman–Crippen MR) is 69.4 cm³/mol. The molecule has 0 aliphatic rings. The van der Waals surface area contributed by atoms with Crippen LogP contribution in [0.3, 0.4) is 0 Å². The summed E-state index contributed by atoms with van der Waals surface area (Å²) >= 11 is 3.20. The fourth-order valence-electron chi connectivity index (χ4n) is 1.49. The van der Waals surface area contributed by atoms with Gasteiger partial charge in [0.1, 0.15) is 17.1 Å². The summed E-state index contributed by atoms with van der Waals surface area (Å²) in [7, 11) is 0. The molecular formula is C11H10BrN3O3. The highest BCUT2D eigenvalue weighted by Gasteiger charge is 2.14. The van der Waals surface area contributed by atoms with Crippen molar-refractivity contribution in [3.63, 3.8) is 0 Å². The second-order valence-electron chi connectivity index (χ2n) is 3.70. The van der Waals surface area contributed by atoms with Crippen molar-refractivity contribution >= 4 is 27.3 Å². The smallest absolute Gasteiger partial charge is 0.293 e. The molecule has 6 nitrogen and oxygen atoms in total. The van der Waals surface area contributed by atoms with Crippen molar-refractivity contribution in [2.24, 2.45) is 0 Å². The Morgan fingerprint density at radius 3 is 2.89 bits per heavy atom. The third-order valence-electron chi connectivity index (χ3n) is 2.29. The fourth-order valence-corrected chi connectivity index (χ4v) is 1.84. The Hall–Kier alpha value is -1.89. The standard InChI is InChI=1S/C11H10BrN3O3/c1-7-4-9(14-18-7)6-13-10-3-2-8(12)5-11(10)15(16)17/h2-5,13H,6H2,1H3. The highest BCUT2D eigenvalue weighted by molar-refractivity contribution is 9.10. The van der Waals surface area contributed by atoms with E-state index in [1.165, 1.54) is 6.07 Å². The van der Waals surface area contributed by atoms with Gasteiger partial charge in [0.25, 0.3) is 5.69 Å². The molecule has 0 saturated carbocycles. The molecule has 0 fully saturated rings. The molecule has 0 spiro atoms. The first-order chi connectivity index (χ1) is 8.56. The molecule has 0 aliphatic heterocycles. The predicted octanol–water partition coefficient (Wildman–Crippen LogP) is 3.27. The molecule has 1 heterocycles. The Labute approximate surface area is 111 Å². The molecule has 2 rings (SSSR count). The van der Waals surface area contributed by atoms with Gasteiger partial charge in [-0.3, -0.25) is 10.1 Å². The lowest BCUT2D eigenvalue weighted by atomic mass is 10.2. The van der Waals surface area contributed by atoms with Crippen LogP contribution in [-0.4, -0.2) is 10.1 Å². The van der Waals surface area contributed by atoms with Gasteiger partial charge in [0.05, 0.1) is 11.5 Å². The molecule has 0 aliphatic carbocycles. The Morgan fingerprint density at radius 2 is 2.28 bits per heavy atom. The van der Waals surface area contributed by atoms with Crippen LogP contribution in [0.15, 0.2) is 33.3 Å². The molecule has 18 heavy (non-hydrogen) atoms. The molecular weight excluding hydrogens is 302 g/mol. The Kier molecular flexibility index (Phi) is 3.61. The summed E-state index contributed by atoms with van der Waals surface area (Å²) in [6.07, 6.45) is 0. The van der Waals surface area contributed by atoms with Gasteiger partial charge in [-0.1, -0.05) is 21.1 Å². The molecule has 0 amide bonds. The van der Waals surface area contributed by atoms with Crippen molar-refractivity contribution in [3.05, 3.63) is 50.3 Å². The quantitative estimate of drug-likeness (QED) is 0.692. The molecule has 1 N–H and O–H groups in total. The first-order valence-electron chi connectivity index (χ1n) is 5.16. The molecule has 94 valence electrons. The lowest BCUT2D eigenvalue weighted by molar-refractivity contribution is -0.384. The molecule has 0 radical (unpaired) electrons. The minimum absolute atomic E-state index is 0.0181. The van der Waals surface area contributed by atoms with Crippen molar-refractivity contribution in [1.29, 1.82) is 0 Å². The Balaban J connectivity index is 2.16. The zero-order chi connectivity index (χ0) is 13.1. The van der Waals surface area contributed by atoms with E-state index in [1.54, 1.807) is 25.1 Å². The summed E-state index contributed by atoms with van der Waals surface area (Å²) in [5, 5.41) is 17.7. The van der Waals surface area contributed by atoms with E-state index in [0.717, 1.165) is 0 Å². The second kappa shape index (κ2) is 5.18. The highest BCUT2D eigenvalue weighted by atomic mass is 79.9. The third-order valence-corrected chi connectivity index (χ3v) is 2.79. The van der Waals surface area contributed by atoms with Crippen molar-refractivity contribution in [2.45, 2.75) is 13.5 Å². The number of nitro groups is 1. The van der Waals surface area contributed by atoms with Crippen LogP contribution in [0.1, 0.15) is 11.5 Å². The van der Waals surface area contributed by atoms with Crippen LogP contribution >= 0.6 is 15.9 Å². The number of nitro benzene ring substituents is 1. The summed E-state index contributed by atoms with van der Waals surface area (Å²) in [5.41, 5.74) is 1.16. The van der Waals surface area contributed by atoms with Crippen LogP contribution in [0.5, 0.6) is 0 Å². The molecule has 0 atom stereocenters. The number of rotatable bonds is 4. The number of hydrogen-bond acceptors (Lipinski definition) is 5. The van der Waals surface area contributed by atoms with Crippen molar-refractivity contribution in [2.75, 3.05) is 5.32 Å². The van der Waals surface area contributed by atoms with Crippen molar-refractivity contribution < 1.29 is 9.45 Å². The van der Waals surface area contributed by atoms with E-state index in [9.17, 15) is 10.1 Å². The number of halogens is 1. The number of hydrogen-bond donors (Lipinski definition) is 1. The summed E-state index contributed by atoms with van der Waals surface area (Å²) < 4.78 is 5.58. The first kappa shape index (κ1) is 12.6. The fraction of sp³-hybridized carbons (Fsp3) is 0.182. The molecule has 0 unspecified atom stereocenters. The van der Waals surface area contributed by atoms with Gasteiger partial charge in [-0.2, -0.15) is 0 Å². The maximum Gasteiger partial charge on any atom is 0.293 e. The average Bonchev–Trinajstić information content (AvgIpc) is 2.73. The maximum absolute atomic E-state index is 10.9. The molecule has 0 saturated heterocycles. The molecule has 1 aromatic heterocycles. The van der Waals surface area contributed by atoms with Gasteiger partial charge in [-0.05, 0) is 19.1 Å². The van der Waals surface area contributed by atoms with Crippen LogP contribution in [0.25, 0.3) is 0 Å². The van der Waals surface area contributed by atoms with Gasteiger partial charge in [0, 0.05) is 16.6 Å². The van der Waals surface area contributed by atoms with Crippen molar-refractivity contribution in [1.82, 2.24) is 5.16 Å². The van der Waals surface area contributed by atoms with Gasteiger partial charge >= 0.3 is 0 Å². The van der Waals surface area contributed by atoms with E-state index in [0.29, 0.717) is 28.2 Å². The van der Waals surface area contributed by atoms with Crippen molar-refractivity contribution in [3.8, 4) is 0 Å². The van der Waals surface area contributed by atoms with Gasteiger partial charge in [-0.25, -0.2) is 0 Å².